The van der Waals surface area contributed by atoms with Gasteiger partial charge in [0.25, 0.3) is 10.0 Å². The van der Waals surface area contributed by atoms with Gasteiger partial charge in [-0.3, -0.25) is 13.9 Å². The molecule has 0 aromatic heterocycles. The second-order valence-electron chi connectivity index (χ2n) is 9.86. The molecule has 238 valence electrons. The SMILES string of the molecule is CCCNC(=O)[C@H](C)N(CCc1ccccc1)C(=O)CN(c1cc(OC)ccc1OC)S(=O)(=O)c1ccc(OC)c(OC)c1. The number of anilines is 1. The Morgan fingerprint density at radius 3 is 2.11 bits per heavy atom. The number of carbonyl (C=O) groups is 2. The van der Waals surface area contributed by atoms with Crippen LogP contribution in [0.5, 0.6) is 23.0 Å². The summed E-state index contributed by atoms with van der Waals surface area (Å²) in [5.74, 6) is 0.187. The smallest absolute Gasteiger partial charge is 0.265 e. The van der Waals surface area contributed by atoms with Crippen LogP contribution in [0.25, 0.3) is 0 Å². The van der Waals surface area contributed by atoms with Crippen LogP contribution in [0.1, 0.15) is 25.8 Å². The van der Waals surface area contributed by atoms with E-state index < -0.39 is 28.5 Å². The summed E-state index contributed by atoms with van der Waals surface area (Å²) in [5, 5.41) is 2.84. The molecule has 0 aliphatic rings. The zero-order valence-corrected chi connectivity index (χ0v) is 26.8. The first kappa shape index (κ1) is 34.0. The normalized spacial score (nSPS) is 11.7. The number of rotatable bonds is 16. The maximum absolute atomic E-state index is 14.3. The second kappa shape index (κ2) is 15.9. The van der Waals surface area contributed by atoms with E-state index in [-0.39, 0.29) is 34.5 Å². The molecule has 0 heterocycles. The fourth-order valence-corrected chi connectivity index (χ4v) is 6.01. The molecule has 1 atom stereocenters. The lowest BCUT2D eigenvalue weighted by molar-refractivity contribution is -0.138. The van der Waals surface area contributed by atoms with Gasteiger partial charge in [-0.1, -0.05) is 37.3 Å². The van der Waals surface area contributed by atoms with Gasteiger partial charge >= 0.3 is 0 Å². The molecule has 3 rings (SSSR count). The monoisotopic (exact) mass is 627 g/mol. The summed E-state index contributed by atoms with van der Waals surface area (Å²) in [5.41, 5.74) is 1.05. The van der Waals surface area contributed by atoms with E-state index >= 15 is 0 Å². The highest BCUT2D eigenvalue weighted by Crippen LogP contribution is 2.37. The number of nitrogens with one attached hydrogen (secondary N) is 1. The first-order chi connectivity index (χ1) is 21.1. The molecule has 0 saturated heterocycles. The number of ether oxygens (including phenoxy) is 4. The van der Waals surface area contributed by atoms with Gasteiger partial charge in [-0.25, -0.2) is 8.42 Å². The van der Waals surface area contributed by atoms with E-state index in [9.17, 15) is 18.0 Å². The van der Waals surface area contributed by atoms with Gasteiger partial charge in [-0.15, -0.1) is 0 Å². The number of methoxy groups -OCH3 is 4. The van der Waals surface area contributed by atoms with E-state index in [1.165, 1.54) is 57.6 Å². The average molecular weight is 628 g/mol. The van der Waals surface area contributed by atoms with Crippen LogP contribution in [-0.2, 0) is 26.0 Å². The van der Waals surface area contributed by atoms with Crippen molar-refractivity contribution in [3.8, 4) is 23.0 Å². The van der Waals surface area contributed by atoms with E-state index in [1.807, 2.05) is 37.3 Å². The molecule has 0 spiro atoms. The van der Waals surface area contributed by atoms with Crippen molar-refractivity contribution in [2.24, 2.45) is 0 Å². The van der Waals surface area contributed by atoms with Crippen molar-refractivity contribution in [1.82, 2.24) is 10.2 Å². The van der Waals surface area contributed by atoms with E-state index in [4.69, 9.17) is 18.9 Å². The summed E-state index contributed by atoms with van der Waals surface area (Å²) in [6.45, 7) is 3.57. The Labute approximate surface area is 259 Å². The van der Waals surface area contributed by atoms with E-state index in [0.717, 1.165) is 16.3 Å². The highest BCUT2D eigenvalue weighted by atomic mass is 32.2. The molecular weight excluding hydrogens is 586 g/mol. The molecule has 0 saturated carbocycles. The van der Waals surface area contributed by atoms with Gasteiger partial charge in [0, 0.05) is 25.2 Å². The van der Waals surface area contributed by atoms with Crippen LogP contribution in [0.3, 0.4) is 0 Å². The van der Waals surface area contributed by atoms with Crippen LogP contribution in [0.4, 0.5) is 5.69 Å². The van der Waals surface area contributed by atoms with Crippen LogP contribution in [0, 0.1) is 0 Å². The van der Waals surface area contributed by atoms with Gasteiger partial charge in [0.15, 0.2) is 11.5 Å². The summed E-state index contributed by atoms with van der Waals surface area (Å²) < 4.78 is 51.2. The number of benzene rings is 3. The van der Waals surface area contributed by atoms with E-state index in [0.29, 0.717) is 24.5 Å². The number of hydrogen-bond donors (Lipinski definition) is 1. The van der Waals surface area contributed by atoms with Gasteiger partial charge < -0.3 is 29.2 Å². The van der Waals surface area contributed by atoms with Crippen molar-refractivity contribution < 1.29 is 37.0 Å². The molecule has 0 fully saturated rings. The standard InChI is InChI=1S/C32H41N3O8S/c1-7-18-33-32(37)23(2)34(19-17-24-11-9-8-10-12-24)31(36)22-35(27-20-25(40-3)13-15-28(27)41-4)44(38,39)26-14-16-29(42-5)30(21-26)43-6/h8-16,20-21,23H,7,17-19,22H2,1-6H3,(H,33,37)/t23-/m0/s1. The predicted molar refractivity (Wildman–Crippen MR) is 168 cm³/mol. The Kier molecular flexibility index (Phi) is 12.3. The summed E-state index contributed by atoms with van der Waals surface area (Å²) in [6, 6.07) is 17.5. The molecule has 0 radical (unpaired) electrons. The topological polar surface area (TPSA) is 124 Å². The van der Waals surface area contributed by atoms with Gasteiger partial charge in [0.05, 0.1) is 39.0 Å². The zero-order chi connectivity index (χ0) is 32.3. The first-order valence-electron chi connectivity index (χ1n) is 14.2. The van der Waals surface area contributed by atoms with Crippen LogP contribution in [-0.4, -0.2) is 79.2 Å². The summed E-state index contributed by atoms with van der Waals surface area (Å²) in [7, 11) is 1.29. The lowest BCUT2D eigenvalue weighted by atomic mass is 10.1. The molecule has 3 aromatic carbocycles. The molecule has 0 unspecified atom stereocenters. The number of hydrogen-bond acceptors (Lipinski definition) is 8. The molecule has 11 nitrogen and oxygen atoms in total. The zero-order valence-electron chi connectivity index (χ0n) is 26.0. The van der Waals surface area contributed by atoms with Crippen molar-refractivity contribution in [2.45, 2.75) is 37.6 Å². The van der Waals surface area contributed by atoms with Gasteiger partial charge in [0.2, 0.25) is 11.8 Å². The summed E-state index contributed by atoms with van der Waals surface area (Å²) in [4.78, 5) is 28.5. The third kappa shape index (κ3) is 8.13. The third-order valence-electron chi connectivity index (χ3n) is 7.08. The lowest BCUT2D eigenvalue weighted by Crippen LogP contribution is -2.52. The quantitative estimate of drug-likeness (QED) is 0.254. The number of sulfonamides is 1. The van der Waals surface area contributed by atoms with Crippen molar-refractivity contribution >= 4 is 27.5 Å². The van der Waals surface area contributed by atoms with Crippen LogP contribution in [0.15, 0.2) is 71.6 Å². The van der Waals surface area contributed by atoms with Crippen LogP contribution in [0.2, 0.25) is 0 Å². The molecule has 3 aromatic rings. The molecule has 0 aliphatic carbocycles. The van der Waals surface area contributed by atoms with Crippen LogP contribution < -0.4 is 28.6 Å². The van der Waals surface area contributed by atoms with Crippen LogP contribution >= 0.6 is 0 Å². The maximum Gasteiger partial charge on any atom is 0.265 e. The Balaban J connectivity index is 2.11. The molecule has 1 N–H and O–H groups in total. The minimum Gasteiger partial charge on any atom is -0.497 e. The minimum atomic E-state index is -4.41. The summed E-state index contributed by atoms with van der Waals surface area (Å²) >= 11 is 0. The van der Waals surface area contributed by atoms with E-state index in [2.05, 4.69) is 5.32 Å². The molecule has 0 bridgehead atoms. The van der Waals surface area contributed by atoms with Gasteiger partial charge in [-0.05, 0) is 49.6 Å². The Bertz CT molecular complexity index is 1520. The molecule has 0 aliphatic heterocycles. The fraction of sp³-hybridized carbons (Fsp3) is 0.375. The van der Waals surface area contributed by atoms with Crippen molar-refractivity contribution in [3.05, 3.63) is 72.3 Å². The number of nitrogens with zero attached hydrogens (tertiary/aromatic N) is 2. The molecule has 12 heteroatoms. The highest BCUT2D eigenvalue weighted by molar-refractivity contribution is 7.92. The van der Waals surface area contributed by atoms with Gasteiger partial charge in [-0.2, -0.15) is 0 Å². The molecule has 2 amide bonds. The maximum atomic E-state index is 14.3. The summed E-state index contributed by atoms with van der Waals surface area (Å²) in [6.07, 6.45) is 1.19. The van der Waals surface area contributed by atoms with Crippen molar-refractivity contribution in [3.63, 3.8) is 0 Å². The first-order valence-corrected chi connectivity index (χ1v) is 15.6. The van der Waals surface area contributed by atoms with Gasteiger partial charge in [0.1, 0.15) is 24.1 Å². The molecular formula is C32H41N3O8S. The minimum absolute atomic E-state index is 0.0843. The Morgan fingerprint density at radius 1 is 0.841 bits per heavy atom. The largest absolute Gasteiger partial charge is 0.497 e. The fourth-order valence-electron chi connectivity index (χ4n) is 4.58. The highest BCUT2D eigenvalue weighted by Gasteiger charge is 2.34. The van der Waals surface area contributed by atoms with Crippen molar-refractivity contribution in [1.29, 1.82) is 0 Å². The number of amides is 2. The number of carbonyl (C=O) groups excluding carboxylic acids is 2. The van der Waals surface area contributed by atoms with Crippen molar-refractivity contribution in [2.75, 3.05) is 52.4 Å². The predicted octanol–water partition coefficient (Wildman–Crippen LogP) is 3.90. The Hall–Kier alpha value is -4.45. The second-order valence-corrected chi connectivity index (χ2v) is 11.7. The van der Waals surface area contributed by atoms with E-state index in [1.54, 1.807) is 19.1 Å². The third-order valence-corrected chi connectivity index (χ3v) is 8.83. The average Bonchev–Trinajstić information content (AvgIpc) is 3.05. The Morgan fingerprint density at radius 2 is 1.50 bits per heavy atom. The molecule has 44 heavy (non-hydrogen) atoms. The lowest BCUT2D eigenvalue weighted by Gasteiger charge is -2.32.